The summed E-state index contributed by atoms with van der Waals surface area (Å²) in [6, 6.07) is 18.5. The third kappa shape index (κ3) is 9.35. The number of aliphatic carboxylic acids is 2. The highest BCUT2D eigenvalue weighted by atomic mass is 16.6. The van der Waals surface area contributed by atoms with Crippen molar-refractivity contribution in [3.63, 3.8) is 0 Å². The van der Waals surface area contributed by atoms with E-state index in [1.807, 2.05) is 0 Å². The number of hydrogen-bond acceptors (Lipinski definition) is 12. The van der Waals surface area contributed by atoms with Gasteiger partial charge in [0.2, 0.25) is 11.8 Å². The normalized spacial score (nSPS) is 18.7. The van der Waals surface area contributed by atoms with Gasteiger partial charge in [0.15, 0.2) is 34.1 Å². The van der Waals surface area contributed by atoms with Crippen molar-refractivity contribution in [1.82, 2.24) is 10.6 Å². The summed E-state index contributed by atoms with van der Waals surface area (Å²) in [4.78, 5) is 106. The predicted octanol–water partition coefficient (Wildman–Crippen LogP) is 5.13. The Balaban J connectivity index is 1.78. The lowest BCUT2D eigenvalue weighted by molar-refractivity contribution is -0.171. The second-order valence-electron chi connectivity index (χ2n) is 15.6. The molecular weight excluding hydrogens is 833 g/mol. The van der Waals surface area contributed by atoms with E-state index in [9.17, 15) is 48.6 Å². The second kappa shape index (κ2) is 19.1. The number of carboxylic acid groups (broad SMARTS) is 2. The van der Waals surface area contributed by atoms with Crippen molar-refractivity contribution in [2.24, 2.45) is 11.8 Å². The van der Waals surface area contributed by atoms with Crippen LogP contribution in [0.4, 0.5) is 11.4 Å². The summed E-state index contributed by atoms with van der Waals surface area (Å²) >= 11 is 0. The number of carboxylic acids is 2. The zero-order chi connectivity index (χ0) is 47.3. The van der Waals surface area contributed by atoms with Gasteiger partial charge in [-0.15, -0.1) is 0 Å². The number of carbonyl (C=O) groups is 8. The fraction of sp³-hybridized carbons (Fsp3) is 0.304. The van der Waals surface area contributed by atoms with Crippen molar-refractivity contribution < 1.29 is 67.5 Å². The summed E-state index contributed by atoms with van der Waals surface area (Å²) < 4.78 is 21.5. The summed E-state index contributed by atoms with van der Waals surface area (Å²) in [6.45, 7) is 9.04. The molecule has 0 bridgehead atoms. The van der Waals surface area contributed by atoms with Crippen LogP contribution in [0, 0.1) is 11.8 Å². The number of amides is 4. The van der Waals surface area contributed by atoms with Crippen LogP contribution in [0.3, 0.4) is 0 Å². The van der Waals surface area contributed by atoms with E-state index in [1.165, 1.54) is 99.1 Å². The summed E-state index contributed by atoms with van der Waals surface area (Å²) in [5, 5.41) is 33.7. The molecule has 0 spiro atoms. The molecule has 18 nitrogen and oxygen atoms in total. The molecule has 336 valence electrons. The van der Waals surface area contributed by atoms with E-state index in [1.54, 1.807) is 27.7 Å². The molecule has 4 aromatic carbocycles. The lowest BCUT2D eigenvalue weighted by atomic mass is 9.43. The van der Waals surface area contributed by atoms with Gasteiger partial charge in [0.05, 0.1) is 26.1 Å². The van der Waals surface area contributed by atoms with Crippen LogP contribution in [-0.4, -0.2) is 83.0 Å². The number of nitrogens with one attached hydrogen (secondary N) is 4. The molecular formula is C46H48N4O14. The molecule has 0 aromatic heterocycles. The first kappa shape index (κ1) is 47.3. The average Bonchev–Trinajstić information content (AvgIpc) is 3.23. The van der Waals surface area contributed by atoms with E-state index in [0.29, 0.717) is 11.4 Å². The average molecular weight is 881 g/mol. The maximum Gasteiger partial charge on any atom is 0.330 e. The van der Waals surface area contributed by atoms with E-state index in [-0.39, 0.29) is 68.9 Å². The first-order chi connectivity index (χ1) is 30.2. The van der Waals surface area contributed by atoms with Gasteiger partial charge >= 0.3 is 23.9 Å². The van der Waals surface area contributed by atoms with Crippen LogP contribution < -0.4 is 40.2 Å². The third-order valence-corrected chi connectivity index (χ3v) is 10.6. The van der Waals surface area contributed by atoms with Gasteiger partial charge in [-0.1, -0.05) is 39.8 Å². The largest absolute Gasteiger partial charge is 0.493 e. The molecule has 0 saturated heterocycles. The molecule has 5 rings (SSSR count). The van der Waals surface area contributed by atoms with Gasteiger partial charge in [0.25, 0.3) is 11.8 Å². The number of rotatable bonds is 16. The molecule has 4 amide bonds. The first-order valence-corrected chi connectivity index (χ1v) is 19.9. The number of benzene rings is 4. The van der Waals surface area contributed by atoms with E-state index < -0.39 is 58.6 Å². The Morgan fingerprint density at radius 3 is 1.11 bits per heavy atom. The summed E-state index contributed by atoms with van der Waals surface area (Å²) in [5.74, 6) is -12.5. The topological polar surface area (TPSA) is 262 Å². The van der Waals surface area contributed by atoms with Gasteiger partial charge in [-0.25, -0.2) is 9.59 Å². The molecule has 0 unspecified atom stereocenters. The minimum Gasteiger partial charge on any atom is -0.493 e. The molecule has 0 heterocycles. The fourth-order valence-corrected chi connectivity index (χ4v) is 7.61. The van der Waals surface area contributed by atoms with Crippen LogP contribution in [-0.2, 0) is 28.8 Å². The monoisotopic (exact) mass is 880 g/mol. The van der Waals surface area contributed by atoms with Crippen LogP contribution in [0.1, 0.15) is 85.2 Å². The predicted molar refractivity (Wildman–Crippen MR) is 230 cm³/mol. The molecule has 0 aliphatic heterocycles. The summed E-state index contributed by atoms with van der Waals surface area (Å²) in [7, 11) is 2.46. The van der Waals surface area contributed by atoms with Crippen LogP contribution in [0.15, 0.2) is 84.9 Å². The molecule has 0 atom stereocenters. The second-order valence-corrected chi connectivity index (χ2v) is 15.6. The van der Waals surface area contributed by atoms with Crippen molar-refractivity contribution in [2.75, 3.05) is 24.9 Å². The highest BCUT2D eigenvalue weighted by molar-refractivity contribution is 6.06. The maximum atomic E-state index is 14.4. The standard InChI is InChI=1S/C46H48N4O14/c1-23(2)39(53)47-31-15-9-27(10-16-31)41(55)49-45(43(57)58)37(29-13-19-33(63-25(5)51)35(21-29)61-7)46(44(59)60,38(45)30-14-20-34(64-26(6)52)36(22-30)62-8)50-42(56)28-11-17-32(18-12-28)48-40(54)24(3)4/h9-24,37-38H,1-8H3,(H,47,53)(H,48,54)(H,49,55)(H,50,56)(H,57,58)(H,59,60). The number of anilines is 2. The minimum atomic E-state index is -2.67. The zero-order valence-electron chi connectivity index (χ0n) is 36.2. The third-order valence-electron chi connectivity index (χ3n) is 10.6. The minimum absolute atomic E-state index is 0.0900. The van der Waals surface area contributed by atoms with Gasteiger partial charge < -0.3 is 50.4 Å². The molecule has 1 aliphatic rings. The molecule has 18 heteroatoms. The van der Waals surface area contributed by atoms with Crippen LogP contribution >= 0.6 is 0 Å². The van der Waals surface area contributed by atoms with Crippen LogP contribution in [0.25, 0.3) is 0 Å². The van der Waals surface area contributed by atoms with Crippen molar-refractivity contribution in [1.29, 1.82) is 0 Å². The SMILES string of the molecule is COc1cc(C2C(NC(=O)c3ccc(NC(=O)C(C)C)cc3)(C(=O)O)C(c3ccc(OC(C)=O)c(OC)c3)C2(NC(=O)c2ccc(NC(=O)C(C)C)cc2)C(=O)O)ccc1OC(C)=O. The summed E-state index contributed by atoms with van der Waals surface area (Å²) in [6.07, 6.45) is 0. The van der Waals surface area contributed by atoms with Crippen LogP contribution in [0.5, 0.6) is 23.0 Å². The molecule has 64 heavy (non-hydrogen) atoms. The molecule has 0 radical (unpaired) electrons. The molecule has 1 aliphatic carbocycles. The van der Waals surface area contributed by atoms with Crippen molar-refractivity contribution >= 4 is 58.9 Å². The molecule has 1 fully saturated rings. The Kier molecular flexibility index (Phi) is 14.1. The molecule has 1 saturated carbocycles. The van der Waals surface area contributed by atoms with Crippen LogP contribution in [0.2, 0.25) is 0 Å². The Bertz CT molecular complexity index is 2320. The Hall–Kier alpha value is -7.76. The van der Waals surface area contributed by atoms with Gasteiger partial charge in [-0.2, -0.15) is 0 Å². The number of hydrogen-bond donors (Lipinski definition) is 6. The smallest absolute Gasteiger partial charge is 0.330 e. The number of methoxy groups -OCH3 is 2. The van der Waals surface area contributed by atoms with Crippen molar-refractivity contribution in [3.8, 4) is 23.0 Å². The van der Waals surface area contributed by atoms with Crippen molar-refractivity contribution in [2.45, 2.75) is 64.5 Å². The lowest BCUT2D eigenvalue weighted by Gasteiger charge is -2.64. The number of esters is 2. The van der Waals surface area contributed by atoms with E-state index >= 15 is 0 Å². The maximum absolute atomic E-state index is 14.4. The molecule has 4 aromatic rings. The van der Waals surface area contributed by atoms with Crippen molar-refractivity contribution in [3.05, 3.63) is 107 Å². The quantitative estimate of drug-likeness (QED) is 0.0630. The number of carbonyl (C=O) groups excluding carboxylic acids is 6. The summed E-state index contributed by atoms with van der Waals surface area (Å²) in [5.41, 5.74) is -5.04. The Morgan fingerprint density at radius 2 is 0.844 bits per heavy atom. The molecule has 6 N–H and O–H groups in total. The number of ether oxygens (including phenoxy) is 4. The Morgan fingerprint density at radius 1 is 0.516 bits per heavy atom. The van der Waals surface area contributed by atoms with Gasteiger partial charge in [-0.3, -0.25) is 28.8 Å². The Labute approximate surface area is 367 Å². The van der Waals surface area contributed by atoms with Gasteiger partial charge in [0.1, 0.15) is 0 Å². The van der Waals surface area contributed by atoms with E-state index in [2.05, 4.69) is 21.3 Å². The van der Waals surface area contributed by atoms with Gasteiger partial charge in [-0.05, 0) is 83.9 Å². The highest BCUT2D eigenvalue weighted by Crippen LogP contribution is 2.64. The first-order valence-electron chi connectivity index (χ1n) is 19.9. The van der Waals surface area contributed by atoms with E-state index in [4.69, 9.17) is 18.9 Å². The zero-order valence-corrected chi connectivity index (χ0v) is 36.2. The highest BCUT2D eigenvalue weighted by Gasteiger charge is 2.80. The lowest BCUT2D eigenvalue weighted by Crippen LogP contribution is -2.86. The van der Waals surface area contributed by atoms with E-state index in [0.717, 1.165) is 13.8 Å². The van der Waals surface area contributed by atoms with Gasteiger partial charge in [0, 0.05) is 48.2 Å². The fourth-order valence-electron chi connectivity index (χ4n) is 7.61.